The minimum Gasteiger partial charge on any atom is -0.451 e. The van der Waals surface area contributed by atoms with Crippen LogP contribution in [0.25, 0.3) is 11.0 Å². The fourth-order valence-corrected chi connectivity index (χ4v) is 5.18. The van der Waals surface area contributed by atoms with Crippen LogP contribution >= 0.6 is 11.8 Å². The van der Waals surface area contributed by atoms with Crippen molar-refractivity contribution in [2.24, 2.45) is 0 Å². The van der Waals surface area contributed by atoms with E-state index in [1.165, 1.54) is 44.2 Å². The molecule has 0 atom stereocenters. The molecule has 0 bridgehead atoms. The highest BCUT2D eigenvalue weighted by atomic mass is 32.2. The number of hydrogen-bond acceptors (Lipinski definition) is 3. The Labute approximate surface area is 177 Å². The van der Waals surface area contributed by atoms with E-state index in [9.17, 15) is 18.0 Å². The number of benzene rings is 2. The third-order valence-electron chi connectivity index (χ3n) is 5.37. The van der Waals surface area contributed by atoms with Crippen molar-refractivity contribution in [3.63, 3.8) is 0 Å². The topological polar surface area (TPSA) is 42.2 Å². The summed E-state index contributed by atoms with van der Waals surface area (Å²) in [7, 11) is 0. The van der Waals surface area contributed by atoms with Crippen molar-refractivity contribution in [3.05, 3.63) is 65.4 Å². The molecule has 158 valence electrons. The normalized spacial score (nSPS) is 15.4. The average molecular weight is 433 g/mol. The lowest BCUT2D eigenvalue weighted by atomic mass is 10.0. The van der Waals surface area contributed by atoms with Crippen molar-refractivity contribution >= 4 is 34.3 Å². The molecule has 0 spiro atoms. The van der Waals surface area contributed by atoms with E-state index in [0.29, 0.717) is 16.6 Å². The maximum Gasteiger partial charge on any atom is 0.416 e. The van der Waals surface area contributed by atoms with Gasteiger partial charge in [-0.25, -0.2) is 0 Å². The van der Waals surface area contributed by atoms with Crippen LogP contribution in [0.4, 0.5) is 18.9 Å². The van der Waals surface area contributed by atoms with Crippen LogP contribution in [0, 0.1) is 0 Å². The second kappa shape index (κ2) is 8.76. The molecule has 1 heterocycles. The van der Waals surface area contributed by atoms with Crippen molar-refractivity contribution in [2.75, 3.05) is 5.32 Å². The Morgan fingerprint density at radius 3 is 2.60 bits per heavy atom. The van der Waals surface area contributed by atoms with Crippen molar-refractivity contribution < 1.29 is 22.4 Å². The number of amides is 1. The van der Waals surface area contributed by atoms with Crippen molar-refractivity contribution in [3.8, 4) is 0 Å². The molecule has 1 saturated carbocycles. The van der Waals surface area contributed by atoms with Gasteiger partial charge in [0.2, 0.25) is 0 Å². The number of thioether (sulfide) groups is 1. The third kappa shape index (κ3) is 4.67. The van der Waals surface area contributed by atoms with E-state index in [1.54, 1.807) is 6.07 Å². The smallest absolute Gasteiger partial charge is 0.416 e. The van der Waals surface area contributed by atoms with Gasteiger partial charge in [0.15, 0.2) is 5.76 Å². The van der Waals surface area contributed by atoms with Gasteiger partial charge in [-0.1, -0.05) is 43.5 Å². The first-order chi connectivity index (χ1) is 14.4. The van der Waals surface area contributed by atoms with Crippen LogP contribution in [-0.2, 0) is 11.9 Å². The van der Waals surface area contributed by atoms with E-state index in [1.807, 2.05) is 30.0 Å². The number of anilines is 1. The maximum atomic E-state index is 13.0. The van der Waals surface area contributed by atoms with Crippen LogP contribution in [0.15, 0.2) is 52.9 Å². The first-order valence-electron chi connectivity index (χ1n) is 10.0. The van der Waals surface area contributed by atoms with Crippen LogP contribution in [0.5, 0.6) is 0 Å². The number of furan rings is 1. The number of carbonyl (C=O) groups is 1. The van der Waals surface area contributed by atoms with Gasteiger partial charge in [-0.3, -0.25) is 4.79 Å². The first kappa shape index (κ1) is 20.8. The molecular weight excluding hydrogens is 411 g/mol. The van der Waals surface area contributed by atoms with Crippen molar-refractivity contribution in [1.82, 2.24) is 0 Å². The summed E-state index contributed by atoms with van der Waals surface area (Å²) in [5.41, 5.74) is 0.677. The predicted molar refractivity (Wildman–Crippen MR) is 114 cm³/mol. The number of para-hydroxylation sites is 1. The quantitative estimate of drug-likeness (QED) is 0.460. The number of nitrogens with one attached hydrogen (secondary N) is 1. The van der Waals surface area contributed by atoms with E-state index in [-0.39, 0.29) is 11.4 Å². The van der Waals surface area contributed by atoms with Crippen LogP contribution < -0.4 is 5.32 Å². The molecular formula is C23H22F3NO2S. The Bertz CT molecular complexity index is 1040. The van der Waals surface area contributed by atoms with Crippen LogP contribution in [0.2, 0.25) is 0 Å². The zero-order chi connectivity index (χ0) is 21.1. The van der Waals surface area contributed by atoms with E-state index < -0.39 is 17.6 Å². The summed E-state index contributed by atoms with van der Waals surface area (Å²) in [4.78, 5) is 12.9. The minimum absolute atomic E-state index is 0.0844. The zero-order valence-corrected chi connectivity index (χ0v) is 17.1. The van der Waals surface area contributed by atoms with E-state index in [0.717, 1.165) is 23.1 Å². The molecule has 1 N–H and O–H groups in total. The van der Waals surface area contributed by atoms with E-state index >= 15 is 0 Å². The molecule has 3 aromatic rings. The summed E-state index contributed by atoms with van der Waals surface area (Å²) in [5.74, 6) is 0.259. The summed E-state index contributed by atoms with van der Waals surface area (Å²) in [6, 6.07) is 12.0. The number of alkyl halides is 3. The summed E-state index contributed by atoms with van der Waals surface area (Å²) in [6.07, 6.45) is 1.61. The molecule has 1 aromatic heterocycles. The Kier molecular flexibility index (Phi) is 6.09. The highest BCUT2D eigenvalue weighted by molar-refractivity contribution is 7.99. The fraction of sp³-hybridized carbons (Fsp3) is 0.348. The van der Waals surface area contributed by atoms with Crippen LogP contribution in [0.1, 0.15) is 53.8 Å². The zero-order valence-electron chi connectivity index (χ0n) is 16.3. The highest BCUT2D eigenvalue weighted by Gasteiger charge is 2.31. The lowest BCUT2D eigenvalue weighted by molar-refractivity contribution is -0.137. The highest BCUT2D eigenvalue weighted by Crippen LogP contribution is 2.35. The third-order valence-corrected chi connectivity index (χ3v) is 6.77. The number of halogens is 3. The summed E-state index contributed by atoms with van der Waals surface area (Å²) in [5, 5.41) is 4.00. The SMILES string of the molecule is O=C(Nc1cccc(C(F)(F)F)c1)c1oc2ccccc2c1CSC1CCCCC1. The van der Waals surface area contributed by atoms with Gasteiger partial charge in [-0.05, 0) is 37.1 Å². The Balaban J connectivity index is 1.59. The van der Waals surface area contributed by atoms with Gasteiger partial charge in [0.1, 0.15) is 5.58 Å². The molecule has 3 nitrogen and oxygen atoms in total. The molecule has 2 aromatic carbocycles. The lowest BCUT2D eigenvalue weighted by Crippen LogP contribution is -2.14. The molecule has 1 aliphatic rings. The number of fused-ring (bicyclic) bond motifs is 1. The number of rotatable bonds is 5. The fourth-order valence-electron chi connectivity index (χ4n) is 3.82. The first-order valence-corrected chi connectivity index (χ1v) is 11.1. The largest absolute Gasteiger partial charge is 0.451 e. The Hall–Kier alpha value is -2.41. The molecule has 30 heavy (non-hydrogen) atoms. The maximum absolute atomic E-state index is 13.0. The van der Waals surface area contributed by atoms with Crippen molar-refractivity contribution in [1.29, 1.82) is 0 Å². The Morgan fingerprint density at radius 2 is 1.83 bits per heavy atom. The van der Waals surface area contributed by atoms with Crippen molar-refractivity contribution in [2.45, 2.75) is 49.3 Å². The molecule has 0 saturated heterocycles. The predicted octanol–water partition coefficient (Wildman–Crippen LogP) is 7.27. The van der Waals surface area contributed by atoms with Gasteiger partial charge in [-0.2, -0.15) is 24.9 Å². The van der Waals surface area contributed by atoms with Gasteiger partial charge >= 0.3 is 6.18 Å². The second-order valence-electron chi connectivity index (χ2n) is 7.51. The summed E-state index contributed by atoms with van der Waals surface area (Å²) in [6.45, 7) is 0. The van der Waals surface area contributed by atoms with Gasteiger partial charge in [0, 0.05) is 27.6 Å². The van der Waals surface area contributed by atoms with Gasteiger partial charge in [0.25, 0.3) is 5.91 Å². The molecule has 0 aliphatic heterocycles. The number of carbonyl (C=O) groups excluding carboxylic acids is 1. The summed E-state index contributed by atoms with van der Waals surface area (Å²) < 4.78 is 44.7. The monoisotopic (exact) mass is 433 g/mol. The molecule has 0 radical (unpaired) electrons. The van der Waals surface area contributed by atoms with E-state index in [4.69, 9.17) is 4.42 Å². The minimum atomic E-state index is -4.47. The molecule has 0 unspecified atom stereocenters. The van der Waals surface area contributed by atoms with Crippen LogP contribution in [0.3, 0.4) is 0 Å². The van der Waals surface area contributed by atoms with Gasteiger partial charge in [0.05, 0.1) is 5.56 Å². The molecule has 4 rings (SSSR count). The molecule has 1 amide bonds. The lowest BCUT2D eigenvalue weighted by Gasteiger charge is -2.20. The molecule has 7 heteroatoms. The second-order valence-corrected chi connectivity index (χ2v) is 8.80. The van der Waals surface area contributed by atoms with E-state index in [2.05, 4.69) is 5.32 Å². The standard InChI is InChI=1S/C23H22F3NO2S/c24-23(25,26)15-7-6-8-16(13-15)27-22(28)21-19(14-30-17-9-2-1-3-10-17)18-11-4-5-12-20(18)29-21/h4-8,11-13,17H,1-3,9-10,14H2,(H,27,28). The van der Waals surface area contributed by atoms with Crippen LogP contribution in [-0.4, -0.2) is 11.2 Å². The number of hydrogen-bond donors (Lipinski definition) is 1. The summed E-state index contributed by atoms with van der Waals surface area (Å²) >= 11 is 1.82. The molecule has 1 aliphatic carbocycles. The van der Waals surface area contributed by atoms with Gasteiger partial charge < -0.3 is 9.73 Å². The molecule has 1 fully saturated rings. The van der Waals surface area contributed by atoms with Gasteiger partial charge in [-0.15, -0.1) is 0 Å². The Morgan fingerprint density at radius 1 is 1.07 bits per heavy atom. The average Bonchev–Trinajstić information content (AvgIpc) is 3.11.